The van der Waals surface area contributed by atoms with Gasteiger partial charge >= 0.3 is 0 Å². The summed E-state index contributed by atoms with van der Waals surface area (Å²) in [7, 11) is 0. The lowest BCUT2D eigenvalue weighted by molar-refractivity contribution is 0.261. The van der Waals surface area contributed by atoms with Crippen molar-refractivity contribution in [1.82, 2.24) is 0 Å². The fourth-order valence-corrected chi connectivity index (χ4v) is 5.96. The molecule has 3 atom stereocenters. The van der Waals surface area contributed by atoms with Crippen LogP contribution < -0.4 is 14.2 Å². The van der Waals surface area contributed by atoms with Gasteiger partial charge in [0.2, 0.25) is 0 Å². The molecule has 4 aromatic carbocycles. The largest absolute Gasteiger partial charge is 0.491 e. The Labute approximate surface area is 283 Å². The number of aryl methyl sites for hydroxylation is 1. The average molecular weight is 645 g/mol. The van der Waals surface area contributed by atoms with Gasteiger partial charge in [0.15, 0.2) is 0 Å². The molecule has 3 saturated heterocycles. The second-order valence-electron chi connectivity index (χ2n) is 12.8. The van der Waals surface area contributed by atoms with E-state index < -0.39 is 0 Å². The maximum atomic E-state index is 6.18. The van der Waals surface area contributed by atoms with Gasteiger partial charge < -0.3 is 28.4 Å². The van der Waals surface area contributed by atoms with Crippen molar-refractivity contribution in [3.63, 3.8) is 0 Å². The molecule has 0 saturated carbocycles. The Morgan fingerprint density at radius 3 is 1.23 bits per heavy atom. The van der Waals surface area contributed by atoms with E-state index in [4.69, 9.17) is 28.4 Å². The number of epoxide rings is 3. The number of allylic oxidation sites excluding steroid dienone is 2. The van der Waals surface area contributed by atoms with Gasteiger partial charge in [-0.25, -0.2) is 0 Å². The number of hydrogen-bond donors (Lipinski definition) is 0. The van der Waals surface area contributed by atoms with Crippen LogP contribution in [-0.4, -0.2) is 58.0 Å². The Morgan fingerprint density at radius 2 is 0.896 bits per heavy atom. The van der Waals surface area contributed by atoms with E-state index in [2.05, 4.69) is 92.9 Å². The third-order valence-corrected chi connectivity index (χ3v) is 8.84. The average Bonchev–Trinajstić information content (AvgIpc) is 3.96. The Morgan fingerprint density at radius 1 is 0.542 bits per heavy atom. The van der Waals surface area contributed by atoms with Gasteiger partial charge in [0.1, 0.15) is 55.4 Å². The van der Waals surface area contributed by atoms with E-state index in [1.165, 1.54) is 5.56 Å². The summed E-state index contributed by atoms with van der Waals surface area (Å²) in [5, 5.41) is 0. The zero-order chi connectivity index (χ0) is 32.9. The fraction of sp³-hybridized carbons (Fsp3) is 0.333. The van der Waals surface area contributed by atoms with E-state index in [-0.39, 0.29) is 18.3 Å². The first-order chi connectivity index (χ1) is 23.6. The summed E-state index contributed by atoms with van der Waals surface area (Å²) >= 11 is 0. The molecular formula is C42H44O6. The smallest absolute Gasteiger partial charge is 0.122 e. The van der Waals surface area contributed by atoms with E-state index in [0.717, 1.165) is 94.4 Å². The fourth-order valence-electron chi connectivity index (χ4n) is 5.96. The molecule has 3 unspecified atom stereocenters. The monoisotopic (exact) mass is 644 g/mol. The lowest BCUT2D eigenvalue weighted by Crippen LogP contribution is -2.06. The summed E-state index contributed by atoms with van der Waals surface area (Å²) in [5.74, 6) is 2.70. The van der Waals surface area contributed by atoms with Crippen LogP contribution in [0.1, 0.15) is 30.0 Å². The first kappa shape index (κ1) is 32.2. The highest BCUT2D eigenvalue weighted by Gasteiger charge is 2.25. The molecule has 6 nitrogen and oxygen atoms in total. The number of ether oxygens (including phenoxy) is 6. The second kappa shape index (κ2) is 14.8. The highest BCUT2D eigenvalue weighted by Crippen LogP contribution is 2.38. The van der Waals surface area contributed by atoms with Crippen LogP contribution in [0.2, 0.25) is 0 Å². The van der Waals surface area contributed by atoms with Crippen molar-refractivity contribution < 1.29 is 28.4 Å². The molecule has 248 valence electrons. The first-order valence-corrected chi connectivity index (χ1v) is 17.1. The molecule has 0 aliphatic carbocycles. The van der Waals surface area contributed by atoms with Gasteiger partial charge in [-0.2, -0.15) is 0 Å². The zero-order valence-electron chi connectivity index (χ0n) is 27.7. The molecule has 3 aliphatic heterocycles. The summed E-state index contributed by atoms with van der Waals surface area (Å²) in [4.78, 5) is 0. The third-order valence-electron chi connectivity index (χ3n) is 8.84. The topological polar surface area (TPSA) is 65.3 Å². The van der Waals surface area contributed by atoms with E-state index in [1.54, 1.807) is 0 Å². The molecule has 0 radical (unpaired) electrons. The quantitative estimate of drug-likeness (QED) is 0.0801. The highest BCUT2D eigenvalue weighted by molar-refractivity contribution is 5.82. The van der Waals surface area contributed by atoms with Crippen LogP contribution in [0.5, 0.6) is 17.2 Å². The maximum Gasteiger partial charge on any atom is 0.122 e. The van der Waals surface area contributed by atoms with Gasteiger partial charge in [-0.05, 0) is 124 Å². The Bertz CT molecular complexity index is 1670. The Kier molecular flexibility index (Phi) is 9.94. The van der Waals surface area contributed by atoms with Gasteiger partial charge in [-0.3, -0.25) is 0 Å². The molecule has 7 rings (SSSR count). The van der Waals surface area contributed by atoms with Crippen LogP contribution in [0.15, 0.2) is 98.1 Å². The van der Waals surface area contributed by atoms with Crippen molar-refractivity contribution in [3.8, 4) is 50.6 Å². The minimum atomic E-state index is 0.196. The van der Waals surface area contributed by atoms with E-state index in [1.807, 2.05) is 12.2 Å². The summed E-state index contributed by atoms with van der Waals surface area (Å²) in [6.45, 7) is 14.3. The lowest BCUT2D eigenvalue weighted by atomic mass is 9.91. The predicted octanol–water partition coefficient (Wildman–Crippen LogP) is 8.43. The summed E-state index contributed by atoms with van der Waals surface area (Å²) in [6, 6.07) is 26.3. The molecule has 48 heavy (non-hydrogen) atoms. The lowest BCUT2D eigenvalue weighted by Gasteiger charge is -2.17. The molecule has 3 aliphatic rings. The zero-order valence-corrected chi connectivity index (χ0v) is 27.7. The van der Waals surface area contributed by atoms with Gasteiger partial charge in [-0.15, -0.1) is 13.2 Å². The number of rotatable bonds is 18. The van der Waals surface area contributed by atoms with Gasteiger partial charge in [0.25, 0.3) is 0 Å². The molecule has 0 bridgehead atoms. The van der Waals surface area contributed by atoms with Crippen molar-refractivity contribution in [2.45, 2.75) is 50.9 Å². The molecule has 0 N–H and O–H groups in total. The van der Waals surface area contributed by atoms with Crippen LogP contribution in [0, 0.1) is 0 Å². The highest BCUT2D eigenvalue weighted by atomic mass is 16.6. The number of benzene rings is 4. The molecule has 0 spiro atoms. The minimum absolute atomic E-state index is 0.196. The molecule has 3 fully saturated rings. The van der Waals surface area contributed by atoms with Crippen molar-refractivity contribution in [2.75, 3.05) is 39.6 Å². The summed E-state index contributed by atoms with van der Waals surface area (Å²) < 4.78 is 34.6. The van der Waals surface area contributed by atoms with Crippen molar-refractivity contribution in [3.05, 3.63) is 115 Å². The van der Waals surface area contributed by atoms with Gasteiger partial charge in [0.05, 0.1) is 19.8 Å². The minimum Gasteiger partial charge on any atom is -0.491 e. The van der Waals surface area contributed by atoms with E-state index >= 15 is 0 Å². The van der Waals surface area contributed by atoms with E-state index in [9.17, 15) is 0 Å². The summed E-state index contributed by atoms with van der Waals surface area (Å²) in [5.41, 5.74) is 10.2. The van der Waals surface area contributed by atoms with Crippen LogP contribution >= 0.6 is 0 Å². The summed E-state index contributed by atoms with van der Waals surface area (Å²) in [6.07, 6.45) is 7.87. The molecule has 6 heteroatoms. The van der Waals surface area contributed by atoms with Crippen LogP contribution in [0.25, 0.3) is 33.4 Å². The molecule has 4 aromatic rings. The Hall–Kier alpha value is -4.36. The molecule has 0 aromatic heterocycles. The maximum absolute atomic E-state index is 6.18. The van der Waals surface area contributed by atoms with Crippen LogP contribution in [0.3, 0.4) is 0 Å². The van der Waals surface area contributed by atoms with E-state index in [0.29, 0.717) is 32.7 Å². The first-order valence-electron chi connectivity index (χ1n) is 17.1. The van der Waals surface area contributed by atoms with Crippen molar-refractivity contribution in [1.29, 1.82) is 0 Å². The van der Waals surface area contributed by atoms with Gasteiger partial charge in [0, 0.05) is 0 Å². The molecule has 0 amide bonds. The molecule has 3 heterocycles. The van der Waals surface area contributed by atoms with Crippen LogP contribution in [-0.2, 0) is 33.5 Å². The molecular weight excluding hydrogens is 600 g/mol. The predicted molar refractivity (Wildman–Crippen MR) is 190 cm³/mol. The Balaban J connectivity index is 1.29. The SMILES string of the molecule is C=CCc1cc(-c2cc(-c3ccc(OCC4CO4)c(CC=C)c3)cc(-c3ccc(OCC4CO4)c(CCC)c3)c2)ccc1OCC1CO1. The third kappa shape index (κ3) is 8.19. The normalized spacial score (nSPS) is 19.0. The van der Waals surface area contributed by atoms with Crippen LogP contribution in [0.4, 0.5) is 0 Å². The second-order valence-corrected chi connectivity index (χ2v) is 12.8. The van der Waals surface area contributed by atoms with Crippen molar-refractivity contribution >= 4 is 0 Å². The van der Waals surface area contributed by atoms with Gasteiger partial charge in [-0.1, -0.05) is 43.7 Å². The number of hydrogen-bond acceptors (Lipinski definition) is 6. The standard InChI is InChI=1S/C42H44O6/c1-4-7-31-16-28(10-13-40(31)46-25-37-22-43-37)34-19-35(29-11-14-41(32(17-29)8-5-2)47-26-38-23-44-38)21-36(20-34)30-12-15-42(33(18-30)9-6-3)48-27-39-24-45-39/h4-5,10-21,37-39H,1-2,6-9,22-27H2,3H3. The van der Waals surface area contributed by atoms with Crippen molar-refractivity contribution in [2.24, 2.45) is 0 Å².